The number of nitrogen functional groups attached to an aromatic ring is 2. The van der Waals surface area contributed by atoms with Crippen molar-refractivity contribution in [3.05, 3.63) is 17.7 Å². The first kappa shape index (κ1) is 10.1. The van der Waals surface area contributed by atoms with Crippen molar-refractivity contribution < 1.29 is 4.74 Å². The Morgan fingerprint density at radius 3 is 2.13 bits per heavy atom. The SMILES string of the molecule is CC1(C)Oc2cc(N)c(N)cc2C1(C)C. The molecule has 0 aliphatic carbocycles. The molecule has 0 fully saturated rings. The summed E-state index contributed by atoms with van der Waals surface area (Å²) in [5.74, 6) is 0.858. The number of anilines is 2. The molecule has 82 valence electrons. The van der Waals surface area contributed by atoms with E-state index in [9.17, 15) is 0 Å². The van der Waals surface area contributed by atoms with Gasteiger partial charge in [0.25, 0.3) is 0 Å². The van der Waals surface area contributed by atoms with Gasteiger partial charge in [-0.25, -0.2) is 0 Å². The van der Waals surface area contributed by atoms with Crippen molar-refractivity contribution in [2.45, 2.75) is 38.7 Å². The van der Waals surface area contributed by atoms with Gasteiger partial charge in [0.05, 0.1) is 11.4 Å². The fourth-order valence-corrected chi connectivity index (χ4v) is 1.91. The van der Waals surface area contributed by atoms with Crippen molar-refractivity contribution in [2.75, 3.05) is 11.5 Å². The lowest BCUT2D eigenvalue weighted by atomic mass is 9.74. The standard InChI is InChI=1S/C12H18N2O/c1-11(2)7-5-8(13)9(14)6-10(7)15-12(11,3)4/h5-6H,13-14H2,1-4H3. The molecule has 3 heteroatoms. The summed E-state index contributed by atoms with van der Waals surface area (Å²) < 4.78 is 5.91. The predicted octanol–water partition coefficient (Wildman–Crippen LogP) is 2.30. The summed E-state index contributed by atoms with van der Waals surface area (Å²) >= 11 is 0. The number of ether oxygens (including phenoxy) is 1. The molecular weight excluding hydrogens is 188 g/mol. The van der Waals surface area contributed by atoms with E-state index in [2.05, 4.69) is 27.7 Å². The zero-order valence-corrected chi connectivity index (χ0v) is 9.72. The van der Waals surface area contributed by atoms with E-state index in [1.165, 1.54) is 0 Å². The van der Waals surface area contributed by atoms with E-state index in [-0.39, 0.29) is 11.0 Å². The van der Waals surface area contributed by atoms with Crippen LogP contribution in [-0.2, 0) is 5.41 Å². The van der Waals surface area contributed by atoms with Gasteiger partial charge in [-0.1, -0.05) is 13.8 Å². The molecule has 0 saturated carbocycles. The van der Waals surface area contributed by atoms with E-state index in [1.807, 2.05) is 12.1 Å². The van der Waals surface area contributed by atoms with Gasteiger partial charge in [-0.05, 0) is 19.9 Å². The Kier molecular flexibility index (Phi) is 1.76. The van der Waals surface area contributed by atoms with Crippen molar-refractivity contribution in [1.82, 2.24) is 0 Å². The van der Waals surface area contributed by atoms with E-state index in [4.69, 9.17) is 16.2 Å². The highest BCUT2D eigenvalue weighted by molar-refractivity contribution is 5.69. The number of nitrogens with two attached hydrogens (primary N) is 2. The Bertz CT molecular complexity index is 422. The van der Waals surface area contributed by atoms with Crippen LogP contribution < -0.4 is 16.2 Å². The largest absolute Gasteiger partial charge is 0.487 e. The van der Waals surface area contributed by atoms with Gasteiger partial charge in [0.2, 0.25) is 0 Å². The number of rotatable bonds is 0. The molecule has 1 heterocycles. The summed E-state index contributed by atoms with van der Waals surface area (Å²) in [6.07, 6.45) is 0. The molecular formula is C12H18N2O. The molecule has 0 atom stereocenters. The fraction of sp³-hybridized carbons (Fsp3) is 0.500. The van der Waals surface area contributed by atoms with E-state index in [1.54, 1.807) is 0 Å². The highest BCUT2D eigenvalue weighted by Crippen LogP contribution is 2.50. The van der Waals surface area contributed by atoms with Gasteiger partial charge in [-0.15, -0.1) is 0 Å². The van der Waals surface area contributed by atoms with E-state index < -0.39 is 0 Å². The molecule has 1 aliphatic heterocycles. The summed E-state index contributed by atoms with van der Waals surface area (Å²) in [5, 5.41) is 0. The molecule has 2 rings (SSSR count). The smallest absolute Gasteiger partial charge is 0.126 e. The third-order valence-corrected chi connectivity index (χ3v) is 3.73. The zero-order chi connectivity index (χ0) is 11.4. The number of benzene rings is 1. The Hall–Kier alpha value is -1.38. The van der Waals surface area contributed by atoms with Crippen LogP contribution in [0.15, 0.2) is 12.1 Å². The van der Waals surface area contributed by atoms with Gasteiger partial charge in [0.15, 0.2) is 0 Å². The predicted molar refractivity (Wildman–Crippen MR) is 63.0 cm³/mol. The first-order valence-electron chi connectivity index (χ1n) is 5.14. The van der Waals surface area contributed by atoms with Gasteiger partial charge in [0.1, 0.15) is 11.4 Å². The molecule has 1 aromatic rings. The Balaban J connectivity index is 2.65. The van der Waals surface area contributed by atoms with Crippen LogP contribution in [0.25, 0.3) is 0 Å². The Labute approximate surface area is 90.4 Å². The van der Waals surface area contributed by atoms with Crippen molar-refractivity contribution in [3.63, 3.8) is 0 Å². The Morgan fingerprint density at radius 1 is 1.00 bits per heavy atom. The van der Waals surface area contributed by atoms with Gasteiger partial charge < -0.3 is 16.2 Å². The van der Waals surface area contributed by atoms with Crippen LogP contribution >= 0.6 is 0 Å². The molecule has 1 aromatic carbocycles. The third-order valence-electron chi connectivity index (χ3n) is 3.73. The molecule has 3 nitrogen and oxygen atoms in total. The van der Waals surface area contributed by atoms with Crippen LogP contribution in [0.1, 0.15) is 33.3 Å². The van der Waals surface area contributed by atoms with E-state index in [0.717, 1.165) is 11.3 Å². The second kappa shape index (κ2) is 2.60. The van der Waals surface area contributed by atoms with Gasteiger partial charge in [-0.3, -0.25) is 0 Å². The van der Waals surface area contributed by atoms with Crippen LogP contribution in [0.4, 0.5) is 11.4 Å². The number of fused-ring (bicyclic) bond motifs is 1. The molecule has 4 N–H and O–H groups in total. The molecule has 1 aliphatic rings. The maximum absolute atomic E-state index is 5.91. The minimum absolute atomic E-state index is 0.0514. The van der Waals surface area contributed by atoms with Gasteiger partial charge >= 0.3 is 0 Å². The Morgan fingerprint density at radius 2 is 1.53 bits per heavy atom. The molecule has 0 bridgehead atoms. The van der Waals surface area contributed by atoms with Crippen molar-refractivity contribution >= 4 is 11.4 Å². The molecule has 0 unspecified atom stereocenters. The van der Waals surface area contributed by atoms with Crippen molar-refractivity contribution in [1.29, 1.82) is 0 Å². The van der Waals surface area contributed by atoms with E-state index in [0.29, 0.717) is 11.4 Å². The van der Waals surface area contributed by atoms with Crippen molar-refractivity contribution in [3.8, 4) is 5.75 Å². The summed E-state index contributed by atoms with van der Waals surface area (Å²) in [6.45, 7) is 8.49. The highest BCUT2D eigenvalue weighted by Gasteiger charge is 2.48. The molecule has 0 spiro atoms. The highest BCUT2D eigenvalue weighted by atomic mass is 16.5. The van der Waals surface area contributed by atoms with Crippen LogP contribution in [0, 0.1) is 0 Å². The first-order chi connectivity index (χ1) is 6.75. The second-order valence-electron chi connectivity index (χ2n) is 5.21. The normalized spacial score (nSPS) is 20.8. The van der Waals surface area contributed by atoms with Gasteiger partial charge in [0, 0.05) is 17.0 Å². The summed E-state index contributed by atoms with van der Waals surface area (Å²) in [6, 6.07) is 3.75. The molecule has 15 heavy (non-hydrogen) atoms. The maximum Gasteiger partial charge on any atom is 0.126 e. The second-order valence-corrected chi connectivity index (χ2v) is 5.21. The topological polar surface area (TPSA) is 61.3 Å². The first-order valence-corrected chi connectivity index (χ1v) is 5.14. The lowest BCUT2D eigenvalue weighted by Gasteiger charge is -2.33. The summed E-state index contributed by atoms with van der Waals surface area (Å²) in [5.41, 5.74) is 13.7. The maximum atomic E-state index is 5.91. The summed E-state index contributed by atoms with van der Waals surface area (Å²) in [4.78, 5) is 0. The summed E-state index contributed by atoms with van der Waals surface area (Å²) in [7, 11) is 0. The van der Waals surface area contributed by atoms with E-state index >= 15 is 0 Å². The molecule has 0 aromatic heterocycles. The molecule has 0 amide bonds. The minimum Gasteiger partial charge on any atom is -0.487 e. The molecule has 0 saturated heterocycles. The number of hydrogen-bond donors (Lipinski definition) is 2. The van der Waals surface area contributed by atoms with Crippen LogP contribution in [0.3, 0.4) is 0 Å². The number of hydrogen-bond acceptors (Lipinski definition) is 3. The zero-order valence-electron chi connectivity index (χ0n) is 9.72. The fourth-order valence-electron chi connectivity index (χ4n) is 1.91. The van der Waals surface area contributed by atoms with Gasteiger partial charge in [-0.2, -0.15) is 0 Å². The molecule has 0 radical (unpaired) electrons. The third kappa shape index (κ3) is 1.19. The quantitative estimate of drug-likeness (QED) is 0.640. The minimum atomic E-state index is -0.227. The van der Waals surface area contributed by atoms with Crippen LogP contribution in [0.5, 0.6) is 5.75 Å². The average molecular weight is 206 g/mol. The lowest BCUT2D eigenvalue weighted by molar-refractivity contribution is 0.0713. The van der Waals surface area contributed by atoms with Crippen LogP contribution in [0.2, 0.25) is 0 Å². The van der Waals surface area contributed by atoms with Crippen molar-refractivity contribution in [2.24, 2.45) is 0 Å². The van der Waals surface area contributed by atoms with Crippen LogP contribution in [-0.4, -0.2) is 5.60 Å². The monoisotopic (exact) mass is 206 g/mol. The average Bonchev–Trinajstić information content (AvgIpc) is 2.24. The lowest BCUT2D eigenvalue weighted by Crippen LogP contribution is -2.41.